The maximum Gasteiger partial charge on any atom is 0.459 e. The first-order valence-electron chi connectivity index (χ1n) is 14.0. The van der Waals surface area contributed by atoms with E-state index in [1.807, 2.05) is 0 Å². The van der Waals surface area contributed by atoms with E-state index in [1.54, 1.807) is 18.2 Å². The number of aryl methyl sites for hydroxylation is 1. The summed E-state index contributed by atoms with van der Waals surface area (Å²) >= 11 is 0. The van der Waals surface area contributed by atoms with Gasteiger partial charge in [0.05, 0.1) is 6.33 Å². The SMILES string of the molecule is Cc1nc2c(ncn2[C@@H]2O[C@](F)(COP(=O)(NC(C)C(=O)OC3CCCCC3)Oc3ccccc3)[C@@H](O)[C@@]2(C)O)c(=O)[nH]1. The van der Waals surface area contributed by atoms with Gasteiger partial charge in [0.1, 0.15) is 42.0 Å². The van der Waals surface area contributed by atoms with Gasteiger partial charge in [0, 0.05) is 0 Å². The summed E-state index contributed by atoms with van der Waals surface area (Å²) in [6.45, 7) is 2.86. The second kappa shape index (κ2) is 12.1. The van der Waals surface area contributed by atoms with Crippen LogP contribution in [0.15, 0.2) is 41.5 Å². The molecule has 43 heavy (non-hydrogen) atoms. The summed E-state index contributed by atoms with van der Waals surface area (Å²) in [5.41, 5.74) is -2.96. The molecule has 1 aliphatic carbocycles. The smallest absolute Gasteiger partial charge is 0.459 e. The van der Waals surface area contributed by atoms with Crippen LogP contribution in [-0.4, -0.2) is 72.0 Å². The van der Waals surface area contributed by atoms with Gasteiger partial charge in [-0.2, -0.15) is 5.09 Å². The van der Waals surface area contributed by atoms with Crippen molar-refractivity contribution in [1.29, 1.82) is 0 Å². The lowest BCUT2D eigenvalue weighted by atomic mass is 9.95. The van der Waals surface area contributed by atoms with Gasteiger partial charge >= 0.3 is 13.7 Å². The lowest BCUT2D eigenvalue weighted by molar-refractivity contribution is -0.202. The van der Waals surface area contributed by atoms with Crippen LogP contribution in [0.1, 0.15) is 58.0 Å². The van der Waals surface area contributed by atoms with Crippen LogP contribution in [0.4, 0.5) is 4.39 Å². The Morgan fingerprint density at radius 3 is 2.70 bits per heavy atom. The number of imidazole rings is 1. The van der Waals surface area contributed by atoms with Crippen molar-refractivity contribution in [2.24, 2.45) is 0 Å². The number of carbonyl (C=O) groups excluding carboxylic acids is 1. The molecule has 234 valence electrons. The third-order valence-corrected chi connectivity index (χ3v) is 9.14. The molecular formula is C27H35FN5O9P. The van der Waals surface area contributed by atoms with E-state index in [0.717, 1.165) is 49.9 Å². The molecule has 0 amide bonds. The van der Waals surface area contributed by atoms with Gasteiger partial charge in [-0.1, -0.05) is 24.6 Å². The highest BCUT2D eigenvalue weighted by atomic mass is 31.2. The molecule has 1 saturated carbocycles. The van der Waals surface area contributed by atoms with Crippen molar-refractivity contribution in [3.63, 3.8) is 0 Å². The third-order valence-electron chi connectivity index (χ3n) is 7.51. The number of ether oxygens (including phenoxy) is 2. The zero-order chi connectivity index (χ0) is 31.0. The highest BCUT2D eigenvalue weighted by Crippen LogP contribution is 2.50. The molecule has 2 unspecified atom stereocenters. The largest absolute Gasteiger partial charge is 0.461 e. The van der Waals surface area contributed by atoms with Crippen LogP contribution in [0, 0.1) is 6.92 Å². The van der Waals surface area contributed by atoms with Crippen LogP contribution in [-0.2, 0) is 23.4 Å². The van der Waals surface area contributed by atoms with Crippen LogP contribution in [0.2, 0.25) is 0 Å². The lowest BCUT2D eigenvalue weighted by Gasteiger charge is -2.29. The molecule has 0 spiro atoms. The number of esters is 1. The molecule has 1 aliphatic heterocycles. The molecule has 5 rings (SSSR count). The van der Waals surface area contributed by atoms with Crippen molar-refractivity contribution < 1.29 is 42.5 Å². The quantitative estimate of drug-likeness (QED) is 0.191. The maximum atomic E-state index is 16.3. The van der Waals surface area contributed by atoms with Crippen molar-refractivity contribution >= 4 is 24.9 Å². The van der Waals surface area contributed by atoms with Crippen molar-refractivity contribution in [2.45, 2.75) is 88.8 Å². The topological polar surface area (TPSA) is 187 Å². The van der Waals surface area contributed by atoms with Crippen molar-refractivity contribution in [1.82, 2.24) is 24.6 Å². The van der Waals surface area contributed by atoms with Gasteiger partial charge in [0.25, 0.3) is 11.4 Å². The van der Waals surface area contributed by atoms with Crippen LogP contribution in [0.5, 0.6) is 5.75 Å². The number of hydrogen-bond acceptors (Lipinski definition) is 11. The molecule has 14 nitrogen and oxygen atoms in total. The molecule has 16 heteroatoms. The normalized spacial score (nSPS) is 28.4. The zero-order valence-electron chi connectivity index (χ0n) is 23.9. The predicted molar refractivity (Wildman–Crippen MR) is 150 cm³/mol. The molecule has 2 fully saturated rings. The van der Waals surface area contributed by atoms with E-state index in [1.165, 1.54) is 26.0 Å². The Bertz CT molecular complexity index is 1560. The molecule has 2 aromatic heterocycles. The number of carbonyl (C=O) groups is 1. The Hall–Kier alpha value is -3.20. The number of nitrogens with one attached hydrogen (secondary N) is 2. The maximum absolute atomic E-state index is 16.3. The first-order chi connectivity index (χ1) is 20.3. The van der Waals surface area contributed by atoms with E-state index in [4.69, 9.17) is 18.5 Å². The summed E-state index contributed by atoms with van der Waals surface area (Å²) < 4.78 is 53.4. The van der Waals surface area contributed by atoms with E-state index < -0.39 is 55.7 Å². The second-order valence-electron chi connectivity index (χ2n) is 11.1. The molecule has 0 bridgehead atoms. The van der Waals surface area contributed by atoms with Crippen LogP contribution in [0.25, 0.3) is 11.2 Å². The van der Waals surface area contributed by atoms with Gasteiger partial charge in [-0.05, 0) is 58.6 Å². The van der Waals surface area contributed by atoms with E-state index in [0.29, 0.717) is 0 Å². The Morgan fingerprint density at radius 2 is 2.00 bits per heavy atom. The first kappa shape index (κ1) is 31.2. The van der Waals surface area contributed by atoms with Crippen molar-refractivity contribution in [3.8, 4) is 5.75 Å². The number of halogens is 1. The molecular weight excluding hydrogens is 588 g/mol. The van der Waals surface area contributed by atoms with Gasteiger partial charge in [0.2, 0.25) is 0 Å². The first-order valence-corrected chi connectivity index (χ1v) is 15.5. The van der Waals surface area contributed by atoms with E-state index in [2.05, 4.69) is 20.0 Å². The summed E-state index contributed by atoms with van der Waals surface area (Å²) in [7, 11) is -4.54. The fraction of sp³-hybridized carbons (Fsp3) is 0.556. The zero-order valence-corrected chi connectivity index (χ0v) is 24.8. The fourth-order valence-corrected chi connectivity index (χ4v) is 6.73. The Labute approximate surface area is 246 Å². The summed E-state index contributed by atoms with van der Waals surface area (Å²) in [4.78, 5) is 35.8. The van der Waals surface area contributed by atoms with Crippen LogP contribution >= 0.6 is 7.75 Å². The third kappa shape index (κ3) is 6.52. The number of rotatable bonds is 10. The number of aromatic amines is 1. The number of benzene rings is 1. The number of aliphatic hydroxyl groups excluding tert-OH is 1. The summed E-state index contributed by atoms with van der Waals surface area (Å²) in [5.74, 6) is -3.50. The number of fused-ring (bicyclic) bond motifs is 1. The molecule has 1 saturated heterocycles. The fourth-order valence-electron chi connectivity index (χ4n) is 5.22. The Kier molecular flexibility index (Phi) is 8.76. The van der Waals surface area contributed by atoms with Crippen molar-refractivity contribution in [2.75, 3.05) is 6.61 Å². The standard InChI is InChI=1S/C27H35FN5O9P/c1-16(23(35)40-18-10-6-4-7-11-18)32-43(38,42-19-12-8-5-9-13-19)39-14-27(28)24(36)26(3,37)25(41-27)33-15-29-20-21(33)30-17(2)31-22(20)34/h5,8-9,12-13,15-16,18,24-25,36-37H,4,6-7,10-11,14H2,1-3H3,(H,32,38)(H,30,31,34)/t16?,24-,25+,26+,27+,43?/m0/s1. The van der Waals surface area contributed by atoms with Gasteiger partial charge in [-0.15, -0.1) is 0 Å². The number of H-pyrrole nitrogens is 1. The Morgan fingerprint density at radius 1 is 1.30 bits per heavy atom. The van der Waals surface area contributed by atoms with E-state index in [-0.39, 0.29) is 28.8 Å². The van der Waals surface area contributed by atoms with Gasteiger partial charge in [-0.3, -0.25) is 18.7 Å². The van der Waals surface area contributed by atoms with Gasteiger partial charge in [-0.25, -0.2) is 18.9 Å². The predicted octanol–water partition coefficient (Wildman–Crippen LogP) is 2.79. The molecule has 1 aromatic carbocycles. The van der Waals surface area contributed by atoms with Crippen LogP contribution < -0.4 is 15.2 Å². The lowest BCUT2D eigenvalue weighted by Crippen LogP contribution is -2.49. The molecule has 3 aromatic rings. The number of hydrogen-bond donors (Lipinski definition) is 4. The highest BCUT2D eigenvalue weighted by Gasteiger charge is 2.64. The van der Waals surface area contributed by atoms with Crippen molar-refractivity contribution in [3.05, 3.63) is 52.8 Å². The Balaban J connectivity index is 1.36. The molecule has 2 aliphatic rings. The monoisotopic (exact) mass is 623 g/mol. The molecule has 3 heterocycles. The molecule has 6 atom stereocenters. The minimum absolute atomic E-state index is 0.0195. The average Bonchev–Trinajstić information content (AvgIpc) is 3.46. The van der Waals surface area contributed by atoms with Gasteiger partial charge in [0.15, 0.2) is 17.4 Å². The minimum atomic E-state index is -4.54. The van der Waals surface area contributed by atoms with E-state index in [9.17, 15) is 24.4 Å². The molecule has 0 radical (unpaired) electrons. The number of nitrogens with zero attached hydrogens (tertiary/aromatic N) is 3. The molecule has 4 N–H and O–H groups in total. The second-order valence-corrected chi connectivity index (χ2v) is 12.8. The number of aliphatic hydroxyl groups is 2. The summed E-state index contributed by atoms with van der Waals surface area (Å²) in [6.07, 6.45) is 1.39. The number of alkyl halides is 1. The highest BCUT2D eigenvalue weighted by molar-refractivity contribution is 7.52. The summed E-state index contributed by atoms with van der Waals surface area (Å²) in [6, 6.07) is 6.70. The number of aromatic nitrogens is 4. The summed E-state index contributed by atoms with van der Waals surface area (Å²) in [5, 5.41) is 24.5. The average molecular weight is 624 g/mol. The van der Waals surface area contributed by atoms with Crippen LogP contribution in [0.3, 0.4) is 0 Å². The van der Waals surface area contributed by atoms with Gasteiger partial charge < -0.3 is 29.2 Å². The minimum Gasteiger partial charge on any atom is -0.461 e. The van der Waals surface area contributed by atoms with E-state index >= 15 is 4.39 Å². The number of para-hydroxylation sites is 1.